The van der Waals surface area contributed by atoms with Crippen molar-refractivity contribution in [3.63, 3.8) is 0 Å². The quantitative estimate of drug-likeness (QED) is 0.353. The van der Waals surface area contributed by atoms with Gasteiger partial charge in [0.1, 0.15) is 22.8 Å². The summed E-state index contributed by atoms with van der Waals surface area (Å²) in [4.78, 5) is 17.5. The first-order valence-electron chi connectivity index (χ1n) is 11.1. The van der Waals surface area contributed by atoms with Gasteiger partial charge in [0.15, 0.2) is 11.5 Å². The van der Waals surface area contributed by atoms with E-state index in [-0.39, 0.29) is 23.7 Å². The van der Waals surface area contributed by atoms with Gasteiger partial charge in [-0.15, -0.1) is 0 Å². The minimum atomic E-state index is -1.59. The maximum absolute atomic E-state index is 15.5. The van der Waals surface area contributed by atoms with Crippen LogP contribution in [-0.4, -0.2) is 41.2 Å². The molecule has 0 amide bonds. The van der Waals surface area contributed by atoms with Crippen molar-refractivity contribution >= 4 is 23.1 Å². The van der Waals surface area contributed by atoms with Gasteiger partial charge in [-0.2, -0.15) is 0 Å². The van der Waals surface area contributed by atoms with Crippen LogP contribution in [0.2, 0.25) is 0 Å². The Morgan fingerprint density at radius 2 is 1.94 bits per heavy atom. The number of aromatic nitrogens is 1. The molecular weight excluding hydrogens is 445 g/mol. The van der Waals surface area contributed by atoms with Crippen LogP contribution in [0.4, 0.5) is 13.2 Å². The summed E-state index contributed by atoms with van der Waals surface area (Å²) in [5, 5.41) is 0. The number of alkyl halides is 1. The van der Waals surface area contributed by atoms with E-state index in [0.717, 1.165) is 23.8 Å². The number of hydrogen-bond acceptors (Lipinski definition) is 5. The summed E-state index contributed by atoms with van der Waals surface area (Å²) in [6, 6.07) is 4.90. The monoisotopic (exact) mass is 472 g/mol. The summed E-state index contributed by atoms with van der Waals surface area (Å²) in [5.74, 6) is -1.72. The second kappa shape index (κ2) is 8.91. The Hall–Kier alpha value is -3.13. The van der Waals surface area contributed by atoms with Crippen molar-refractivity contribution in [2.24, 2.45) is 0 Å². The van der Waals surface area contributed by atoms with Crippen molar-refractivity contribution in [3.05, 3.63) is 70.1 Å². The largest absolute Gasteiger partial charge is 0.466 e. The fraction of sp³-hybridized carbons (Fsp3) is 0.385. The van der Waals surface area contributed by atoms with Gasteiger partial charge in [-0.3, -0.25) is 4.90 Å². The van der Waals surface area contributed by atoms with Crippen LogP contribution in [-0.2, 0) is 16.0 Å². The number of rotatable bonds is 5. The topological polar surface area (TPSA) is 55.6 Å². The molecule has 0 saturated heterocycles. The summed E-state index contributed by atoms with van der Waals surface area (Å²) in [5.41, 5.74) is 1.13. The van der Waals surface area contributed by atoms with Crippen molar-refractivity contribution in [1.29, 1.82) is 0 Å². The molecular formula is C26H27F3N2O3. The van der Waals surface area contributed by atoms with Crippen molar-refractivity contribution in [1.82, 2.24) is 9.88 Å². The van der Waals surface area contributed by atoms with Crippen molar-refractivity contribution < 1.29 is 27.1 Å². The molecule has 0 spiro atoms. The molecule has 180 valence electrons. The first kappa shape index (κ1) is 24.0. The zero-order chi connectivity index (χ0) is 24.8. The lowest BCUT2D eigenvalue weighted by Gasteiger charge is -2.44. The lowest BCUT2D eigenvalue weighted by Crippen LogP contribution is -2.48. The predicted octanol–water partition coefficient (Wildman–Crippen LogP) is 5.68. The number of aryl methyl sites for hydroxylation is 1. The molecule has 1 aromatic heterocycles. The molecule has 0 N–H and O–H groups in total. The van der Waals surface area contributed by atoms with Gasteiger partial charge in [0, 0.05) is 31.1 Å². The van der Waals surface area contributed by atoms with Gasteiger partial charge in [-0.1, -0.05) is 0 Å². The molecule has 1 aliphatic heterocycles. The molecule has 0 bridgehead atoms. The highest BCUT2D eigenvalue weighted by molar-refractivity contribution is 5.87. The standard InChI is InChI=1S/C26H27F3N2O3/c1-14-8-17-11-22-21(30-15(2)34-22)12-18(17)25(31(14)13-26(3,4)29)24-19(27)9-16(10-20(24)28)6-7-23(32)33-5/h6-7,9-12,14,25H,8,13H2,1-5H3/b7-6+. The number of carbonyl (C=O) groups excluding carboxylic acids is 1. The number of benzene rings is 2. The van der Waals surface area contributed by atoms with Gasteiger partial charge >= 0.3 is 5.97 Å². The van der Waals surface area contributed by atoms with Crippen LogP contribution < -0.4 is 0 Å². The van der Waals surface area contributed by atoms with Crippen molar-refractivity contribution in [3.8, 4) is 0 Å². The van der Waals surface area contributed by atoms with Crippen LogP contribution in [0, 0.1) is 18.6 Å². The van der Waals surface area contributed by atoms with E-state index in [1.54, 1.807) is 17.9 Å². The van der Waals surface area contributed by atoms with Crippen LogP contribution in [0.15, 0.2) is 34.8 Å². The Morgan fingerprint density at radius 3 is 2.56 bits per heavy atom. The van der Waals surface area contributed by atoms with Gasteiger partial charge in [0.05, 0.1) is 13.2 Å². The van der Waals surface area contributed by atoms with Gasteiger partial charge < -0.3 is 9.15 Å². The summed E-state index contributed by atoms with van der Waals surface area (Å²) >= 11 is 0. The van der Waals surface area contributed by atoms with Crippen molar-refractivity contribution in [2.75, 3.05) is 13.7 Å². The van der Waals surface area contributed by atoms with Crippen LogP contribution in [0.5, 0.6) is 0 Å². The Kier molecular flexibility index (Phi) is 6.29. The third-order valence-electron chi connectivity index (χ3n) is 6.01. The highest BCUT2D eigenvalue weighted by Gasteiger charge is 2.39. The normalized spacial score (nSPS) is 19.1. The Bertz CT molecular complexity index is 1250. The Morgan fingerprint density at radius 1 is 1.26 bits per heavy atom. The number of halogens is 3. The SMILES string of the molecule is COC(=O)/C=C/c1cc(F)c(C2c3cc4nc(C)oc4cc3CC(C)N2CC(C)(C)F)c(F)c1. The second-order valence-electron chi connectivity index (χ2n) is 9.35. The number of nitrogens with zero attached hydrogens (tertiary/aromatic N) is 2. The van der Waals surface area contributed by atoms with Crippen LogP contribution >= 0.6 is 0 Å². The summed E-state index contributed by atoms with van der Waals surface area (Å²) in [7, 11) is 1.22. The van der Waals surface area contributed by atoms with Crippen LogP contribution in [0.25, 0.3) is 17.2 Å². The first-order chi connectivity index (χ1) is 16.0. The lowest BCUT2D eigenvalue weighted by atomic mass is 9.83. The van der Waals surface area contributed by atoms with Gasteiger partial charge in [0.25, 0.3) is 0 Å². The number of esters is 1. The van der Waals surface area contributed by atoms with E-state index < -0.39 is 29.3 Å². The van der Waals surface area contributed by atoms with E-state index >= 15 is 8.78 Å². The third-order valence-corrected chi connectivity index (χ3v) is 6.01. The maximum atomic E-state index is 15.5. The van der Waals surface area contributed by atoms with E-state index in [0.29, 0.717) is 29.0 Å². The lowest BCUT2D eigenvalue weighted by molar-refractivity contribution is -0.134. The molecule has 2 atom stereocenters. The van der Waals surface area contributed by atoms with Crippen molar-refractivity contribution in [2.45, 2.75) is 51.9 Å². The predicted molar refractivity (Wildman–Crippen MR) is 123 cm³/mol. The number of carbonyl (C=O) groups is 1. The maximum Gasteiger partial charge on any atom is 0.330 e. The number of methoxy groups -OCH3 is 1. The third kappa shape index (κ3) is 4.73. The average molecular weight is 473 g/mol. The van der Waals surface area contributed by atoms with E-state index in [2.05, 4.69) is 9.72 Å². The zero-order valence-corrected chi connectivity index (χ0v) is 19.8. The average Bonchev–Trinajstić information content (AvgIpc) is 3.10. The Balaban J connectivity index is 1.89. The van der Waals surface area contributed by atoms with E-state index in [9.17, 15) is 9.18 Å². The summed E-state index contributed by atoms with van der Waals surface area (Å²) in [6.45, 7) is 6.53. The van der Waals surface area contributed by atoms with E-state index in [4.69, 9.17) is 4.42 Å². The number of ether oxygens (including phenoxy) is 1. The summed E-state index contributed by atoms with van der Waals surface area (Å²) in [6.07, 6.45) is 2.94. The molecule has 1 aliphatic rings. The van der Waals surface area contributed by atoms with Crippen LogP contribution in [0.1, 0.15) is 55.0 Å². The number of hydrogen-bond donors (Lipinski definition) is 0. The highest BCUT2D eigenvalue weighted by Crippen LogP contribution is 2.42. The molecule has 0 fully saturated rings. The molecule has 34 heavy (non-hydrogen) atoms. The molecule has 3 aromatic rings. The Labute approximate surface area is 196 Å². The molecule has 2 aromatic carbocycles. The fourth-order valence-electron chi connectivity index (χ4n) is 4.64. The van der Waals surface area contributed by atoms with E-state index in [1.807, 2.05) is 13.0 Å². The fourth-order valence-corrected chi connectivity index (χ4v) is 4.64. The minimum Gasteiger partial charge on any atom is -0.466 e. The molecule has 0 saturated carbocycles. The molecule has 8 heteroatoms. The summed E-state index contributed by atoms with van der Waals surface area (Å²) < 4.78 is 56.0. The smallest absolute Gasteiger partial charge is 0.330 e. The molecule has 0 aliphatic carbocycles. The number of oxazole rings is 1. The van der Waals surface area contributed by atoms with Gasteiger partial charge in [-0.05, 0) is 74.2 Å². The first-order valence-corrected chi connectivity index (χ1v) is 11.1. The van der Waals surface area contributed by atoms with E-state index in [1.165, 1.54) is 27.0 Å². The molecule has 2 unspecified atom stereocenters. The molecule has 0 radical (unpaired) electrons. The molecule has 5 nitrogen and oxygen atoms in total. The molecule has 2 heterocycles. The number of fused-ring (bicyclic) bond motifs is 2. The second-order valence-corrected chi connectivity index (χ2v) is 9.35. The van der Waals surface area contributed by atoms with Crippen LogP contribution in [0.3, 0.4) is 0 Å². The highest BCUT2D eigenvalue weighted by atomic mass is 19.1. The van der Waals surface area contributed by atoms with Gasteiger partial charge in [-0.25, -0.2) is 22.9 Å². The zero-order valence-electron chi connectivity index (χ0n) is 19.8. The minimum absolute atomic E-state index is 0.0168. The molecule has 4 rings (SSSR count). The van der Waals surface area contributed by atoms with Gasteiger partial charge in [0.2, 0.25) is 0 Å².